The number of carbonyl (C=O) groups excluding carboxylic acids is 2. The molecule has 0 saturated carbocycles. The van der Waals surface area contributed by atoms with Crippen LogP contribution in [0.15, 0.2) is 95.7 Å². The lowest BCUT2D eigenvalue weighted by molar-refractivity contribution is -0.121. The van der Waals surface area contributed by atoms with Crippen molar-refractivity contribution in [3.05, 3.63) is 120 Å². The van der Waals surface area contributed by atoms with Crippen LogP contribution in [0.2, 0.25) is 0 Å². The fourth-order valence-corrected chi connectivity index (χ4v) is 4.03. The van der Waals surface area contributed by atoms with Gasteiger partial charge in [-0.1, -0.05) is 42.5 Å². The molecule has 5 rings (SSSR count). The van der Waals surface area contributed by atoms with Gasteiger partial charge in [0.15, 0.2) is 5.76 Å². The first-order chi connectivity index (χ1) is 17.5. The lowest BCUT2D eigenvalue weighted by atomic mass is 10.0. The molecule has 2 heterocycles. The van der Waals surface area contributed by atoms with E-state index in [1.54, 1.807) is 65.5 Å². The van der Waals surface area contributed by atoms with Crippen molar-refractivity contribution in [3.8, 4) is 0 Å². The number of benzene rings is 3. The first kappa shape index (κ1) is 23.0. The van der Waals surface area contributed by atoms with Gasteiger partial charge < -0.3 is 19.6 Å². The minimum absolute atomic E-state index is 0.105. The molecule has 2 aromatic heterocycles. The summed E-state index contributed by atoms with van der Waals surface area (Å²) in [5.41, 5.74) is 2.58. The van der Waals surface area contributed by atoms with Gasteiger partial charge in [0, 0.05) is 30.5 Å². The lowest BCUT2D eigenvalue weighted by Gasteiger charge is -2.19. The molecule has 2 amide bonds. The standard InChI is InChI=1S/C28H23FN4O3/c1-33-14-13-30-27(33)26(20-6-4-7-21(29)16-20)32-25(34)15-18-9-11-22(12-10-18)31-28(35)24-17-19-5-2-3-8-23(19)36-24/h2-14,16-17,26H,15H2,1H3,(H,31,35)(H,32,34). The van der Waals surface area contributed by atoms with Crippen molar-refractivity contribution in [2.75, 3.05) is 5.32 Å². The molecule has 2 N–H and O–H groups in total. The Bertz CT molecular complexity index is 1510. The largest absolute Gasteiger partial charge is 0.451 e. The number of aromatic nitrogens is 2. The molecule has 0 aliphatic carbocycles. The van der Waals surface area contributed by atoms with Crippen molar-refractivity contribution >= 4 is 28.5 Å². The Morgan fingerprint density at radius 2 is 1.83 bits per heavy atom. The molecule has 0 saturated heterocycles. The summed E-state index contributed by atoms with van der Waals surface area (Å²) in [6, 6.07) is 21.6. The van der Waals surface area contributed by atoms with Crippen LogP contribution >= 0.6 is 0 Å². The van der Waals surface area contributed by atoms with E-state index in [1.165, 1.54) is 12.1 Å². The van der Waals surface area contributed by atoms with E-state index in [0.29, 0.717) is 22.7 Å². The maximum absolute atomic E-state index is 13.9. The SMILES string of the molecule is Cn1ccnc1C(NC(=O)Cc1ccc(NC(=O)c2cc3ccccc3o2)cc1)c1cccc(F)c1. The molecule has 0 aliphatic heterocycles. The summed E-state index contributed by atoms with van der Waals surface area (Å²) >= 11 is 0. The van der Waals surface area contributed by atoms with Gasteiger partial charge in [0.2, 0.25) is 5.91 Å². The van der Waals surface area contributed by atoms with E-state index < -0.39 is 6.04 Å². The molecule has 3 aromatic carbocycles. The number of rotatable bonds is 7. The normalized spacial score (nSPS) is 11.8. The zero-order valence-electron chi connectivity index (χ0n) is 19.4. The van der Waals surface area contributed by atoms with E-state index in [0.717, 1.165) is 10.9 Å². The Hall–Kier alpha value is -4.72. The number of fused-ring (bicyclic) bond motifs is 1. The zero-order valence-corrected chi connectivity index (χ0v) is 19.4. The topological polar surface area (TPSA) is 89.2 Å². The summed E-state index contributed by atoms with van der Waals surface area (Å²) in [6.45, 7) is 0. The number of anilines is 1. The summed E-state index contributed by atoms with van der Waals surface area (Å²) in [5, 5.41) is 6.62. The molecule has 7 nitrogen and oxygen atoms in total. The van der Waals surface area contributed by atoms with Crippen LogP contribution in [0.1, 0.15) is 33.5 Å². The third-order valence-electron chi connectivity index (χ3n) is 5.83. The summed E-state index contributed by atoms with van der Waals surface area (Å²) in [5.74, 6) is -0.174. The molecular weight excluding hydrogens is 459 g/mol. The molecule has 0 radical (unpaired) electrons. The van der Waals surface area contributed by atoms with Crippen molar-refractivity contribution in [3.63, 3.8) is 0 Å². The Kier molecular flexibility index (Phi) is 6.32. The molecular formula is C28H23FN4O3. The first-order valence-electron chi connectivity index (χ1n) is 11.4. The highest BCUT2D eigenvalue weighted by atomic mass is 19.1. The smallest absolute Gasteiger partial charge is 0.291 e. The summed E-state index contributed by atoms with van der Waals surface area (Å²) in [4.78, 5) is 29.8. The van der Waals surface area contributed by atoms with Crippen LogP contribution in [0.25, 0.3) is 11.0 Å². The first-order valence-corrected chi connectivity index (χ1v) is 11.4. The number of nitrogens with one attached hydrogen (secondary N) is 2. The molecule has 8 heteroatoms. The average Bonchev–Trinajstić information content (AvgIpc) is 3.50. The van der Waals surface area contributed by atoms with Gasteiger partial charge in [-0.25, -0.2) is 9.37 Å². The van der Waals surface area contributed by atoms with E-state index in [-0.39, 0.29) is 29.8 Å². The van der Waals surface area contributed by atoms with Crippen molar-refractivity contribution in [1.82, 2.24) is 14.9 Å². The molecule has 0 fully saturated rings. The molecule has 5 aromatic rings. The highest BCUT2D eigenvalue weighted by molar-refractivity contribution is 6.04. The van der Waals surface area contributed by atoms with Crippen LogP contribution < -0.4 is 10.6 Å². The van der Waals surface area contributed by atoms with Crippen molar-refractivity contribution < 1.29 is 18.4 Å². The Labute approximate surface area is 206 Å². The number of hydrogen-bond acceptors (Lipinski definition) is 4. The minimum Gasteiger partial charge on any atom is -0.451 e. The van der Waals surface area contributed by atoms with Crippen LogP contribution in [-0.2, 0) is 18.3 Å². The quantitative estimate of drug-likeness (QED) is 0.341. The number of carbonyl (C=O) groups is 2. The molecule has 180 valence electrons. The maximum atomic E-state index is 13.9. The second kappa shape index (κ2) is 9.87. The molecule has 0 aliphatic rings. The van der Waals surface area contributed by atoms with Crippen molar-refractivity contribution in [1.29, 1.82) is 0 Å². The number of furan rings is 1. The fraction of sp³-hybridized carbons (Fsp3) is 0.107. The average molecular weight is 483 g/mol. The number of aryl methyl sites for hydroxylation is 1. The third kappa shape index (κ3) is 5.02. The van der Waals surface area contributed by atoms with Gasteiger partial charge in [0.25, 0.3) is 5.91 Å². The highest BCUT2D eigenvalue weighted by Crippen LogP contribution is 2.22. The molecule has 36 heavy (non-hydrogen) atoms. The predicted octanol–water partition coefficient (Wildman–Crippen LogP) is 5.01. The summed E-state index contributed by atoms with van der Waals surface area (Å²) in [6.07, 6.45) is 3.51. The number of nitrogens with zero attached hydrogens (tertiary/aromatic N) is 2. The number of halogens is 1. The van der Waals surface area contributed by atoms with Gasteiger partial charge in [-0.05, 0) is 47.5 Å². The lowest BCUT2D eigenvalue weighted by Crippen LogP contribution is -2.32. The minimum atomic E-state index is -0.601. The predicted molar refractivity (Wildman–Crippen MR) is 134 cm³/mol. The van der Waals surface area contributed by atoms with Crippen molar-refractivity contribution in [2.24, 2.45) is 7.05 Å². The van der Waals surface area contributed by atoms with E-state index in [1.807, 2.05) is 25.2 Å². The Balaban J connectivity index is 1.25. The number of hydrogen-bond donors (Lipinski definition) is 2. The van der Waals surface area contributed by atoms with Crippen molar-refractivity contribution in [2.45, 2.75) is 12.5 Å². The van der Waals surface area contributed by atoms with E-state index in [4.69, 9.17) is 4.42 Å². The molecule has 1 unspecified atom stereocenters. The molecule has 0 bridgehead atoms. The number of para-hydroxylation sites is 1. The van der Waals surface area contributed by atoms with E-state index in [9.17, 15) is 14.0 Å². The van der Waals surface area contributed by atoms with Crippen LogP contribution in [0.3, 0.4) is 0 Å². The number of amides is 2. The van der Waals surface area contributed by atoms with Gasteiger partial charge in [-0.2, -0.15) is 0 Å². The van der Waals surface area contributed by atoms with Crippen LogP contribution in [0.5, 0.6) is 0 Å². The highest BCUT2D eigenvalue weighted by Gasteiger charge is 2.21. The third-order valence-corrected chi connectivity index (χ3v) is 5.83. The van der Waals surface area contributed by atoms with Gasteiger partial charge in [-0.3, -0.25) is 9.59 Å². The van der Waals surface area contributed by atoms with Gasteiger partial charge in [0.05, 0.1) is 6.42 Å². The monoisotopic (exact) mass is 482 g/mol. The van der Waals surface area contributed by atoms with Crippen LogP contribution in [0, 0.1) is 5.82 Å². The zero-order chi connectivity index (χ0) is 25.1. The second-order valence-corrected chi connectivity index (χ2v) is 8.43. The summed E-state index contributed by atoms with van der Waals surface area (Å²) < 4.78 is 21.3. The number of imidazole rings is 1. The van der Waals surface area contributed by atoms with Crippen LogP contribution in [0.4, 0.5) is 10.1 Å². The Morgan fingerprint density at radius 1 is 1.03 bits per heavy atom. The van der Waals surface area contributed by atoms with Gasteiger partial charge in [-0.15, -0.1) is 0 Å². The van der Waals surface area contributed by atoms with Gasteiger partial charge in [0.1, 0.15) is 23.3 Å². The summed E-state index contributed by atoms with van der Waals surface area (Å²) in [7, 11) is 1.82. The second-order valence-electron chi connectivity index (χ2n) is 8.43. The van der Waals surface area contributed by atoms with Crippen LogP contribution in [-0.4, -0.2) is 21.4 Å². The van der Waals surface area contributed by atoms with E-state index >= 15 is 0 Å². The maximum Gasteiger partial charge on any atom is 0.291 e. The fourth-order valence-electron chi connectivity index (χ4n) is 4.03. The van der Waals surface area contributed by atoms with Gasteiger partial charge >= 0.3 is 0 Å². The Morgan fingerprint density at radius 3 is 2.56 bits per heavy atom. The molecule has 0 spiro atoms. The van der Waals surface area contributed by atoms with E-state index in [2.05, 4.69) is 15.6 Å². The molecule has 1 atom stereocenters.